The molecule has 0 aliphatic carbocycles. The lowest BCUT2D eigenvalue weighted by Crippen LogP contribution is -2.18. The number of nitrogens with zero attached hydrogens (tertiary/aromatic N) is 3. The molecule has 1 atom stereocenters. The molecule has 0 saturated carbocycles. The van der Waals surface area contributed by atoms with Crippen LogP contribution in [0.5, 0.6) is 0 Å². The fourth-order valence-electron chi connectivity index (χ4n) is 3.17. The average Bonchev–Trinajstić information content (AvgIpc) is 2.75. The van der Waals surface area contributed by atoms with Crippen LogP contribution in [0.1, 0.15) is 52.9 Å². The van der Waals surface area contributed by atoms with Gasteiger partial charge in [-0.15, -0.1) is 0 Å². The van der Waals surface area contributed by atoms with Crippen LogP contribution >= 0.6 is 0 Å². The number of carbonyl (C=O) groups excluding carboxylic acids is 1. The minimum absolute atomic E-state index is 0.0297. The molecule has 0 amide bonds. The van der Waals surface area contributed by atoms with Gasteiger partial charge in [-0.1, -0.05) is 32.0 Å². The van der Waals surface area contributed by atoms with E-state index in [4.69, 9.17) is 0 Å². The Labute approximate surface area is 170 Å². The molecule has 1 unspecified atom stereocenters. The van der Waals surface area contributed by atoms with Crippen LogP contribution in [0.3, 0.4) is 0 Å². The Balaban J connectivity index is 1.83. The summed E-state index contributed by atoms with van der Waals surface area (Å²) in [5.74, 6) is 0.0705. The van der Waals surface area contributed by atoms with Gasteiger partial charge in [-0.25, -0.2) is 0 Å². The molecule has 0 aliphatic rings. The van der Waals surface area contributed by atoms with Crippen LogP contribution in [0.15, 0.2) is 65.8 Å². The third-order valence-electron chi connectivity index (χ3n) is 5.08. The molecule has 0 N–H and O–H groups in total. The van der Waals surface area contributed by atoms with Crippen molar-refractivity contribution >= 4 is 5.78 Å². The molecule has 0 aliphatic heterocycles. The predicted molar refractivity (Wildman–Crippen MR) is 112 cm³/mol. The topological polar surface area (TPSA) is 75.8 Å². The van der Waals surface area contributed by atoms with E-state index >= 15 is 0 Å². The molecule has 146 valence electrons. The molecule has 0 radical (unpaired) electrons. The number of nitriles is 1. The highest BCUT2D eigenvalue weighted by Crippen LogP contribution is 2.18. The number of carbonyl (C=O) groups is 1. The van der Waals surface area contributed by atoms with Gasteiger partial charge in [-0.2, -0.15) is 5.26 Å². The van der Waals surface area contributed by atoms with Gasteiger partial charge in [0, 0.05) is 36.1 Å². The number of rotatable bonds is 7. The second-order valence-electron chi connectivity index (χ2n) is 7.20. The normalized spacial score (nSPS) is 11.6. The summed E-state index contributed by atoms with van der Waals surface area (Å²) in [5, 5.41) is 9.57. The monoisotopic (exact) mass is 385 g/mol. The Kier molecular flexibility index (Phi) is 6.36. The second kappa shape index (κ2) is 9.11. The molecule has 2 heterocycles. The summed E-state index contributed by atoms with van der Waals surface area (Å²) in [4.78, 5) is 28.6. The van der Waals surface area contributed by atoms with Gasteiger partial charge in [0.2, 0.25) is 0 Å². The van der Waals surface area contributed by atoms with Crippen LogP contribution in [-0.4, -0.2) is 15.3 Å². The number of ketones is 1. The van der Waals surface area contributed by atoms with E-state index in [-0.39, 0.29) is 17.3 Å². The largest absolute Gasteiger partial charge is 0.311 e. The fraction of sp³-hybridized carbons (Fsp3) is 0.250. The Morgan fingerprint density at radius 1 is 1.17 bits per heavy atom. The lowest BCUT2D eigenvalue weighted by Gasteiger charge is -2.11. The number of aromatic nitrogens is 2. The van der Waals surface area contributed by atoms with E-state index < -0.39 is 0 Å². The SMILES string of the molecule is CCC(C)C(=O)c1cncc(Cc2ccc(Cn3ccccc3=O)c(C#N)c2)c1. The highest BCUT2D eigenvalue weighted by atomic mass is 16.1. The molecular formula is C24H23N3O2. The van der Waals surface area contributed by atoms with E-state index in [2.05, 4.69) is 11.1 Å². The molecule has 5 heteroatoms. The molecule has 0 saturated heterocycles. The first-order chi connectivity index (χ1) is 14.0. The summed E-state index contributed by atoms with van der Waals surface area (Å²) < 4.78 is 1.57. The number of benzene rings is 1. The van der Waals surface area contributed by atoms with Crippen LogP contribution in [-0.2, 0) is 13.0 Å². The molecular weight excluding hydrogens is 362 g/mol. The van der Waals surface area contributed by atoms with Crippen molar-refractivity contribution in [2.75, 3.05) is 0 Å². The van der Waals surface area contributed by atoms with E-state index in [1.54, 1.807) is 35.3 Å². The summed E-state index contributed by atoms with van der Waals surface area (Å²) in [5.41, 5.74) is 3.74. The summed E-state index contributed by atoms with van der Waals surface area (Å²) in [6.07, 6.45) is 6.44. The van der Waals surface area contributed by atoms with Gasteiger partial charge in [-0.05, 0) is 47.7 Å². The smallest absolute Gasteiger partial charge is 0.250 e. The number of hydrogen-bond donors (Lipinski definition) is 0. The van der Waals surface area contributed by atoms with Crippen LogP contribution in [0, 0.1) is 17.2 Å². The Morgan fingerprint density at radius 3 is 2.72 bits per heavy atom. The summed E-state index contributed by atoms with van der Waals surface area (Å²) in [6, 6.07) is 14.8. The van der Waals surface area contributed by atoms with E-state index in [0.29, 0.717) is 24.1 Å². The molecule has 0 spiro atoms. The van der Waals surface area contributed by atoms with Gasteiger partial charge in [0.15, 0.2) is 5.78 Å². The fourth-order valence-corrected chi connectivity index (χ4v) is 3.17. The average molecular weight is 385 g/mol. The lowest BCUT2D eigenvalue weighted by molar-refractivity contribution is 0.0927. The predicted octanol–water partition coefficient (Wildman–Crippen LogP) is 3.98. The second-order valence-corrected chi connectivity index (χ2v) is 7.20. The van der Waals surface area contributed by atoms with Crippen LogP contribution in [0.4, 0.5) is 0 Å². The highest BCUT2D eigenvalue weighted by Gasteiger charge is 2.14. The van der Waals surface area contributed by atoms with Crippen molar-refractivity contribution < 1.29 is 4.79 Å². The minimum Gasteiger partial charge on any atom is -0.311 e. The molecule has 3 aromatic rings. The molecule has 1 aromatic carbocycles. The van der Waals surface area contributed by atoms with Gasteiger partial charge < -0.3 is 4.57 Å². The van der Waals surface area contributed by atoms with Gasteiger partial charge >= 0.3 is 0 Å². The van der Waals surface area contributed by atoms with Gasteiger partial charge in [0.25, 0.3) is 5.56 Å². The van der Waals surface area contributed by atoms with Gasteiger partial charge in [0.1, 0.15) is 0 Å². The third kappa shape index (κ3) is 4.85. The molecule has 0 fully saturated rings. The minimum atomic E-state index is -0.102. The standard InChI is InChI=1S/C24H23N3O2/c1-3-17(2)24(29)22-12-19(14-26-15-22)10-18-7-8-20(21(11-18)13-25)16-27-9-5-4-6-23(27)28/h4-9,11-12,14-15,17H,3,10,16H2,1-2H3. The van der Waals surface area contributed by atoms with E-state index in [1.165, 1.54) is 6.07 Å². The number of Topliss-reactive ketones (excluding diaryl/α,β-unsaturated/α-hetero) is 1. The Bertz CT molecular complexity index is 1130. The molecule has 2 aromatic heterocycles. The van der Waals surface area contributed by atoms with Crippen molar-refractivity contribution in [3.63, 3.8) is 0 Å². The molecule has 5 nitrogen and oxygen atoms in total. The lowest BCUT2D eigenvalue weighted by atomic mass is 9.95. The third-order valence-corrected chi connectivity index (χ3v) is 5.08. The van der Waals surface area contributed by atoms with Gasteiger partial charge in [-0.3, -0.25) is 14.6 Å². The Morgan fingerprint density at radius 2 is 2.00 bits per heavy atom. The van der Waals surface area contributed by atoms with E-state index in [1.807, 2.05) is 38.1 Å². The molecule has 0 bridgehead atoms. The number of pyridine rings is 2. The Hall–Kier alpha value is -3.52. The summed E-state index contributed by atoms with van der Waals surface area (Å²) >= 11 is 0. The maximum absolute atomic E-state index is 12.4. The first kappa shape index (κ1) is 20.2. The summed E-state index contributed by atoms with van der Waals surface area (Å²) in [7, 11) is 0. The van der Waals surface area contributed by atoms with Crippen molar-refractivity contribution in [2.45, 2.75) is 33.2 Å². The maximum atomic E-state index is 12.4. The van der Waals surface area contributed by atoms with Crippen LogP contribution in [0.25, 0.3) is 0 Å². The van der Waals surface area contributed by atoms with Crippen molar-refractivity contribution in [3.8, 4) is 6.07 Å². The zero-order chi connectivity index (χ0) is 20.8. The maximum Gasteiger partial charge on any atom is 0.250 e. The van der Waals surface area contributed by atoms with E-state index in [9.17, 15) is 14.9 Å². The van der Waals surface area contributed by atoms with Crippen LogP contribution in [0.2, 0.25) is 0 Å². The first-order valence-electron chi connectivity index (χ1n) is 9.67. The molecule has 29 heavy (non-hydrogen) atoms. The number of hydrogen-bond acceptors (Lipinski definition) is 4. The molecule has 3 rings (SSSR count). The van der Waals surface area contributed by atoms with Crippen molar-refractivity contribution in [3.05, 3.63) is 99.2 Å². The zero-order valence-electron chi connectivity index (χ0n) is 16.6. The van der Waals surface area contributed by atoms with Crippen LogP contribution < -0.4 is 5.56 Å². The summed E-state index contributed by atoms with van der Waals surface area (Å²) in [6.45, 7) is 4.27. The first-order valence-corrected chi connectivity index (χ1v) is 9.67. The quantitative estimate of drug-likeness (QED) is 0.577. The van der Waals surface area contributed by atoms with E-state index in [0.717, 1.165) is 23.1 Å². The van der Waals surface area contributed by atoms with Gasteiger partial charge in [0.05, 0.1) is 18.2 Å². The van der Waals surface area contributed by atoms with Crippen molar-refractivity contribution in [1.29, 1.82) is 5.26 Å². The highest BCUT2D eigenvalue weighted by molar-refractivity contribution is 5.97. The zero-order valence-corrected chi connectivity index (χ0v) is 16.6. The van der Waals surface area contributed by atoms with Crippen molar-refractivity contribution in [1.82, 2.24) is 9.55 Å². The van der Waals surface area contributed by atoms with Crippen molar-refractivity contribution in [2.24, 2.45) is 5.92 Å².